The zero-order valence-corrected chi connectivity index (χ0v) is 14.9. The van der Waals surface area contributed by atoms with E-state index in [-0.39, 0.29) is 11.9 Å². The molecule has 1 heterocycles. The van der Waals surface area contributed by atoms with E-state index >= 15 is 0 Å². The van der Waals surface area contributed by atoms with E-state index in [1.807, 2.05) is 30.0 Å². The fourth-order valence-corrected chi connectivity index (χ4v) is 3.53. The highest BCUT2D eigenvalue weighted by Gasteiger charge is 2.25. The number of halogens is 1. The summed E-state index contributed by atoms with van der Waals surface area (Å²) in [5, 5.41) is 0. The van der Waals surface area contributed by atoms with Crippen molar-refractivity contribution in [3.05, 3.63) is 28.2 Å². The first-order valence-corrected chi connectivity index (χ1v) is 8.66. The van der Waals surface area contributed by atoms with Crippen LogP contribution in [0.4, 0.5) is 0 Å². The number of hydrogen-bond donors (Lipinski definition) is 1. The van der Waals surface area contributed by atoms with Crippen LogP contribution in [0.25, 0.3) is 0 Å². The van der Waals surface area contributed by atoms with Gasteiger partial charge in [-0.05, 0) is 65.7 Å². The van der Waals surface area contributed by atoms with E-state index in [0.29, 0.717) is 12.3 Å². The number of aryl methyl sites for hydroxylation is 1. The van der Waals surface area contributed by atoms with E-state index in [0.717, 1.165) is 48.1 Å². The van der Waals surface area contributed by atoms with E-state index in [1.54, 1.807) is 7.11 Å². The molecule has 1 aliphatic rings. The first kappa shape index (κ1) is 17.3. The Labute approximate surface area is 141 Å². The molecule has 2 N–H and O–H groups in total. The highest BCUT2D eigenvalue weighted by atomic mass is 79.9. The maximum absolute atomic E-state index is 12.4. The number of ether oxygens (including phenoxy) is 1. The van der Waals surface area contributed by atoms with Crippen LogP contribution in [0.2, 0.25) is 0 Å². The van der Waals surface area contributed by atoms with E-state index in [2.05, 4.69) is 15.9 Å². The van der Waals surface area contributed by atoms with Gasteiger partial charge in [0.05, 0.1) is 11.6 Å². The van der Waals surface area contributed by atoms with Crippen molar-refractivity contribution in [2.75, 3.05) is 20.2 Å². The number of hydrogen-bond acceptors (Lipinski definition) is 3. The van der Waals surface area contributed by atoms with Crippen LogP contribution in [0, 0.1) is 5.92 Å². The van der Waals surface area contributed by atoms with Gasteiger partial charge in [0.1, 0.15) is 5.75 Å². The Bertz CT molecular complexity index is 519. The number of methoxy groups -OCH3 is 1. The molecule has 5 heteroatoms. The van der Waals surface area contributed by atoms with Gasteiger partial charge in [0.25, 0.3) is 0 Å². The molecule has 22 heavy (non-hydrogen) atoms. The average Bonchev–Trinajstić information content (AvgIpc) is 2.52. The molecule has 1 fully saturated rings. The smallest absolute Gasteiger partial charge is 0.222 e. The molecule has 2 atom stereocenters. The summed E-state index contributed by atoms with van der Waals surface area (Å²) in [6.45, 7) is 3.71. The standard InChI is InChI=1S/C17H25BrN2O2/c1-12(19)14-4-3-9-20(11-14)17(21)8-6-13-5-7-16(22-2)15(18)10-13/h5,7,10,12,14H,3-4,6,8-9,11,19H2,1-2H3/t12-,14-/m0/s1. The van der Waals surface area contributed by atoms with Gasteiger partial charge in [-0.25, -0.2) is 0 Å². The molecule has 0 saturated carbocycles. The summed E-state index contributed by atoms with van der Waals surface area (Å²) in [4.78, 5) is 14.4. The predicted octanol–water partition coefficient (Wildman–Crippen LogP) is 2.98. The fraction of sp³-hybridized carbons (Fsp3) is 0.588. The topological polar surface area (TPSA) is 55.6 Å². The number of carbonyl (C=O) groups excluding carboxylic acids is 1. The van der Waals surface area contributed by atoms with Crippen molar-refractivity contribution < 1.29 is 9.53 Å². The van der Waals surface area contributed by atoms with Crippen LogP contribution in [-0.2, 0) is 11.2 Å². The van der Waals surface area contributed by atoms with Gasteiger partial charge in [-0.3, -0.25) is 4.79 Å². The number of carbonyl (C=O) groups is 1. The zero-order valence-electron chi connectivity index (χ0n) is 13.3. The van der Waals surface area contributed by atoms with Crippen LogP contribution in [0.5, 0.6) is 5.75 Å². The molecule has 0 unspecified atom stereocenters. The molecule has 2 rings (SSSR count). The number of likely N-dealkylation sites (tertiary alicyclic amines) is 1. The van der Waals surface area contributed by atoms with Crippen LogP contribution in [0.15, 0.2) is 22.7 Å². The van der Waals surface area contributed by atoms with Crippen molar-refractivity contribution in [3.8, 4) is 5.75 Å². The molecule has 0 aromatic heterocycles. The third kappa shape index (κ3) is 4.46. The molecule has 1 aromatic rings. The number of nitrogens with two attached hydrogens (primary N) is 1. The molecule has 0 bridgehead atoms. The molecule has 1 aliphatic heterocycles. The highest BCUT2D eigenvalue weighted by molar-refractivity contribution is 9.10. The minimum absolute atomic E-state index is 0.160. The van der Waals surface area contributed by atoms with E-state index in [4.69, 9.17) is 10.5 Å². The van der Waals surface area contributed by atoms with Gasteiger partial charge in [0.2, 0.25) is 5.91 Å². The minimum atomic E-state index is 0.160. The van der Waals surface area contributed by atoms with E-state index in [9.17, 15) is 4.79 Å². The number of piperidine rings is 1. The van der Waals surface area contributed by atoms with Crippen molar-refractivity contribution in [2.45, 2.75) is 38.6 Å². The Kier molecular flexibility index (Phi) is 6.26. The lowest BCUT2D eigenvalue weighted by atomic mass is 9.92. The lowest BCUT2D eigenvalue weighted by Gasteiger charge is -2.34. The monoisotopic (exact) mass is 368 g/mol. The molecule has 122 valence electrons. The third-order valence-corrected chi connectivity index (χ3v) is 5.02. The van der Waals surface area contributed by atoms with E-state index in [1.165, 1.54) is 0 Å². The predicted molar refractivity (Wildman–Crippen MR) is 92.0 cm³/mol. The molecular weight excluding hydrogens is 344 g/mol. The Morgan fingerprint density at radius 2 is 2.32 bits per heavy atom. The molecule has 0 spiro atoms. The lowest BCUT2D eigenvalue weighted by Crippen LogP contribution is -2.45. The number of rotatable bonds is 5. The summed E-state index contributed by atoms with van der Waals surface area (Å²) in [6.07, 6.45) is 3.49. The van der Waals surface area contributed by atoms with Crippen molar-refractivity contribution in [3.63, 3.8) is 0 Å². The molecule has 0 aliphatic carbocycles. The van der Waals surface area contributed by atoms with Gasteiger partial charge in [0.15, 0.2) is 0 Å². The molecular formula is C17H25BrN2O2. The quantitative estimate of drug-likeness (QED) is 0.868. The Hall–Kier alpha value is -1.07. The zero-order chi connectivity index (χ0) is 16.1. The summed E-state index contributed by atoms with van der Waals surface area (Å²) >= 11 is 3.48. The highest BCUT2D eigenvalue weighted by Crippen LogP contribution is 2.26. The summed E-state index contributed by atoms with van der Waals surface area (Å²) in [7, 11) is 1.65. The Morgan fingerprint density at radius 3 is 2.95 bits per heavy atom. The van der Waals surface area contributed by atoms with Crippen molar-refractivity contribution in [1.29, 1.82) is 0 Å². The Morgan fingerprint density at radius 1 is 1.55 bits per heavy atom. The number of benzene rings is 1. The molecule has 0 radical (unpaired) electrons. The fourth-order valence-electron chi connectivity index (χ4n) is 2.94. The first-order chi connectivity index (χ1) is 10.5. The van der Waals surface area contributed by atoms with Gasteiger partial charge in [-0.1, -0.05) is 6.07 Å². The van der Waals surface area contributed by atoms with Crippen molar-refractivity contribution in [1.82, 2.24) is 4.90 Å². The Balaban J connectivity index is 1.88. The van der Waals surface area contributed by atoms with Gasteiger partial charge in [-0.2, -0.15) is 0 Å². The van der Waals surface area contributed by atoms with Crippen LogP contribution < -0.4 is 10.5 Å². The second-order valence-electron chi connectivity index (χ2n) is 6.07. The van der Waals surface area contributed by atoms with Gasteiger partial charge in [0, 0.05) is 25.6 Å². The van der Waals surface area contributed by atoms with Crippen molar-refractivity contribution in [2.24, 2.45) is 11.7 Å². The van der Waals surface area contributed by atoms with Crippen molar-refractivity contribution >= 4 is 21.8 Å². The molecule has 4 nitrogen and oxygen atoms in total. The number of amides is 1. The molecule has 1 saturated heterocycles. The van der Waals surface area contributed by atoms with E-state index < -0.39 is 0 Å². The molecule has 1 aromatic carbocycles. The largest absolute Gasteiger partial charge is 0.496 e. The molecule has 1 amide bonds. The summed E-state index contributed by atoms with van der Waals surface area (Å²) in [5.74, 6) is 1.48. The summed E-state index contributed by atoms with van der Waals surface area (Å²) in [5.41, 5.74) is 7.12. The maximum atomic E-state index is 12.4. The summed E-state index contributed by atoms with van der Waals surface area (Å²) < 4.78 is 6.15. The van der Waals surface area contributed by atoms with Crippen LogP contribution in [0.1, 0.15) is 31.7 Å². The maximum Gasteiger partial charge on any atom is 0.222 e. The van der Waals surface area contributed by atoms with Crippen LogP contribution >= 0.6 is 15.9 Å². The SMILES string of the molecule is COc1ccc(CCC(=O)N2CCC[C@H]([C@H](C)N)C2)cc1Br. The average molecular weight is 369 g/mol. The minimum Gasteiger partial charge on any atom is -0.496 e. The van der Waals surface area contributed by atoms with Gasteiger partial charge in [-0.15, -0.1) is 0 Å². The van der Waals surface area contributed by atoms with Crippen LogP contribution in [0.3, 0.4) is 0 Å². The second kappa shape index (κ2) is 7.97. The van der Waals surface area contributed by atoms with Gasteiger partial charge >= 0.3 is 0 Å². The number of nitrogens with zero attached hydrogens (tertiary/aromatic N) is 1. The lowest BCUT2D eigenvalue weighted by molar-refractivity contribution is -0.133. The summed E-state index contributed by atoms with van der Waals surface area (Å²) in [6, 6.07) is 6.12. The normalized spacial score (nSPS) is 19.8. The van der Waals surface area contributed by atoms with Gasteiger partial charge < -0.3 is 15.4 Å². The van der Waals surface area contributed by atoms with Crippen LogP contribution in [-0.4, -0.2) is 37.0 Å². The second-order valence-corrected chi connectivity index (χ2v) is 6.92. The first-order valence-electron chi connectivity index (χ1n) is 7.87. The third-order valence-electron chi connectivity index (χ3n) is 4.40.